The average Bonchev–Trinajstić information content (AvgIpc) is 2.95. The second-order valence-corrected chi connectivity index (χ2v) is 5.21. The Bertz CT molecular complexity index is 851. The summed E-state index contributed by atoms with van der Waals surface area (Å²) in [4.78, 5) is 11.6. The summed E-state index contributed by atoms with van der Waals surface area (Å²) < 4.78 is 28.5. The minimum absolute atomic E-state index is 0.0122. The molecular formula is C17H20N4O2. The first-order valence-corrected chi connectivity index (χ1v) is 7.08. The number of methoxy groups -OCH3 is 1. The molecule has 1 aromatic heterocycles. The fourth-order valence-corrected chi connectivity index (χ4v) is 2.30. The van der Waals surface area contributed by atoms with Gasteiger partial charge in [-0.05, 0) is 26.3 Å². The molecule has 0 aliphatic heterocycles. The number of ether oxygens (including phenoxy) is 1. The third kappa shape index (κ3) is 3.04. The largest absolute Gasteiger partial charge is 0.469 e. The highest BCUT2D eigenvalue weighted by molar-refractivity contribution is 5.78. The van der Waals surface area contributed by atoms with Gasteiger partial charge in [-0.15, -0.1) is 0 Å². The number of benzene rings is 1. The van der Waals surface area contributed by atoms with Gasteiger partial charge < -0.3 is 10.5 Å². The summed E-state index contributed by atoms with van der Waals surface area (Å²) in [6.45, 7) is 0.901. The fraction of sp³-hybridized carbons (Fsp3) is 0.353. The van der Waals surface area contributed by atoms with Crippen molar-refractivity contribution in [2.24, 2.45) is 0 Å². The number of hydrogen-bond donors (Lipinski definition) is 1. The van der Waals surface area contributed by atoms with Crippen LogP contribution in [-0.4, -0.2) is 22.9 Å². The molecule has 6 nitrogen and oxygen atoms in total. The fourth-order valence-electron chi connectivity index (χ4n) is 2.30. The molecule has 0 saturated carbocycles. The molecule has 0 saturated heterocycles. The van der Waals surface area contributed by atoms with E-state index in [2.05, 4.69) is 5.10 Å². The zero-order valence-electron chi connectivity index (χ0n) is 16.2. The van der Waals surface area contributed by atoms with E-state index in [1.165, 1.54) is 14.0 Å². The molecule has 0 spiro atoms. The quantitative estimate of drug-likeness (QED) is 0.875. The van der Waals surface area contributed by atoms with Crippen molar-refractivity contribution in [2.45, 2.75) is 32.7 Å². The van der Waals surface area contributed by atoms with Gasteiger partial charge in [0.1, 0.15) is 23.1 Å². The molecule has 2 unspecified atom stereocenters. The van der Waals surface area contributed by atoms with Gasteiger partial charge in [0, 0.05) is 15.7 Å². The van der Waals surface area contributed by atoms with E-state index < -0.39 is 18.8 Å². The number of aromatic nitrogens is 2. The standard InChI is InChI=1S/C17H20N4O2/c1-10(2)21-16(19)14(9-18)15(20-21)13-7-5-12(6-8-13)11(3)17(22)23-4/h5-8,10-11H,19H2,1-4H3/i1D3. The highest BCUT2D eigenvalue weighted by atomic mass is 16.5. The Balaban J connectivity index is 2.46. The molecule has 120 valence electrons. The van der Waals surface area contributed by atoms with Gasteiger partial charge in [-0.3, -0.25) is 4.79 Å². The molecule has 0 bridgehead atoms. The zero-order chi connectivity index (χ0) is 19.6. The van der Waals surface area contributed by atoms with Gasteiger partial charge in [-0.25, -0.2) is 4.68 Å². The number of nitrogens with zero attached hydrogens (tertiary/aromatic N) is 3. The number of nitrogen functional groups attached to an aromatic ring is 1. The van der Waals surface area contributed by atoms with Crippen LogP contribution in [0.25, 0.3) is 11.3 Å². The van der Waals surface area contributed by atoms with E-state index in [0.29, 0.717) is 11.3 Å². The molecule has 0 fully saturated rings. The van der Waals surface area contributed by atoms with Gasteiger partial charge in [0.2, 0.25) is 0 Å². The van der Waals surface area contributed by atoms with Crippen molar-refractivity contribution >= 4 is 11.8 Å². The smallest absolute Gasteiger partial charge is 0.312 e. The number of nitriles is 1. The van der Waals surface area contributed by atoms with Crippen LogP contribution in [0.1, 0.15) is 47.9 Å². The van der Waals surface area contributed by atoms with E-state index in [-0.39, 0.29) is 17.4 Å². The first-order chi connectivity index (χ1) is 12.1. The van der Waals surface area contributed by atoms with Crippen LogP contribution in [0, 0.1) is 11.3 Å². The van der Waals surface area contributed by atoms with Crippen LogP contribution in [0.4, 0.5) is 5.82 Å². The van der Waals surface area contributed by atoms with Crippen molar-refractivity contribution in [1.29, 1.82) is 5.26 Å². The molecule has 0 amide bonds. The van der Waals surface area contributed by atoms with E-state index in [0.717, 1.165) is 10.2 Å². The minimum atomic E-state index is -2.30. The summed E-state index contributed by atoms with van der Waals surface area (Å²) in [5.41, 5.74) is 7.73. The van der Waals surface area contributed by atoms with Crippen LogP contribution in [0.3, 0.4) is 0 Å². The van der Waals surface area contributed by atoms with Crippen molar-refractivity contribution in [3.8, 4) is 17.3 Å². The number of esters is 1. The van der Waals surface area contributed by atoms with Gasteiger partial charge >= 0.3 is 5.97 Å². The number of hydrogen-bond acceptors (Lipinski definition) is 5. The lowest BCUT2D eigenvalue weighted by Crippen LogP contribution is -2.10. The molecule has 6 heteroatoms. The van der Waals surface area contributed by atoms with Crippen LogP contribution in [0.15, 0.2) is 24.3 Å². The van der Waals surface area contributed by atoms with Crippen LogP contribution >= 0.6 is 0 Å². The summed E-state index contributed by atoms with van der Waals surface area (Å²) in [6, 6.07) is 7.91. The molecule has 1 heterocycles. The van der Waals surface area contributed by atoms with Crippen LogP contribution in [0.2, 0.25) is 0 Å². The number of rotatable bonds is 4. The molecule has 2 atom stereocenters. The van der Waals surface area contributed by atoms with Crippen molar-refractivity contribution in [3.05, 3.63) is 35.4 Å². The normalized spacial score (nSPS) is 15.7. The predicted molar refractivity (Wildman–Crippen MR) is 87.6 cm³/mol. The highest BCUT2D eigenvalue weighted by Crippen LogP contribution is 2.29. The minimum Gasteiger partial charge on any atom is -0.469 e. The van der Waals surface area contributed by atoms with Crippen molar-refractivity contribution < 1.29 is 13.6 Å². The average molecular weight is 315 g/mol. The maximum absolute atomic E-state index is 11.6. The zero-order valence-corrected chi connectivity index (χ0v) is 13.2. The lowest BCUT2D eigenvalue weighted by Gasteiger charge is -2.09. The van der Waals surface area contributed by atoms with Crippen LogP contribution in [-0.2, 0) is 9.53 Å². The Morgan fingerprint density at radius 1 is 1.43 bits per heavy atom. The van der Waals surface area contributed by atoms with Gasteiger partial charge in [-0.1, -0.05) is 24.3 Å². The molecule has 1 aromatic carbocycles. The SMILES string of the molecule is [2H]C([2H])([2H])C(C)n1nc(-c2ccc(C(C)C(=O)OC)cc2)c(C#N)c1N. The van der Waals surface area contributed by atoms with Crippen molar-refractivity contribution in [1.82, 2.24) is 9.78 Å². The van der Waals surface area contributed by atoms with Gasteiger partial charge in [0.15, 0.2) is 0 Å². The third-order valence-electron chi connectivity index (χ3n) is 3.67. The molecule has 0 radical (unpaired) electrons. The molecule has 0 aliphatic rings. The predicted octanol–water partition coefficient (Wildman–Crippen LogP) is 2.86. The summed E-state index contributed by atoms with van der Waals surface area (Å²) in [6.07, 6.45) is 0. The monoisotopic (exact) mass is 315 g/mol. The summed E-state index contributed by atoms with van der Waals surface area (Å²) in [5, 5.41) is 13.7. The molecular weight excluding hydrogens is 292 g/mol. The molecule has 23 heavy (non-hydrogen) atoms. The van der Waals surface area contributed by atoms with Crippen LogP contribution in [0.5, 0.6) is 0 Å². The summed E-state index contributed by atoms with van der Waals surface area (Å²) in [7, 11) is 1.33. The lowest BCUT2D eigenvalue weighted by molar-refractivity contribution is -0.141. The topological polar surface area (TPSA) is 93.9 Å². The summed E-state index contributed by atoms with van der Waals surface area (Å²) in [5.74, 6) is -0.767. The number of anilines is 1. The van der Waals surface area contributed by atoms with Crippen molar-refractivity contribution in [2.75, 3.05) is 12.8 Å². The Kier molecular flexibility index (Phi) is 3.61. The summed E-state index contributed by atoms with van der Waals surface area (Å²) >= 11 is 0. The molecule has 2 aromatic rings. The van der Waals surface area contributed by atoms with E-state index in [1.807, 2.05) is 6.07 Å². The van der Waals surface area contributed by atoms with Crippen molar-refractivity contribution in [3.63, 3.8) is 0 Å². The Morgan fingerprint density at radius 2 is 2.09 bits per heavy atom. The maximum atomic E-state index is 11.6. The van der Waals surface area contributed by atoms with Gasteiger partial charge in [0.25, 0.3) is 0 Å². The first-order valence-electron chi connectivity index (χ1n) is 8.58. The highest BCUT2D eigenvalue weighted by Gasteiger charge is 2.20. The Morgan fingerprint density at radius 3 is 2.61 bits per heavy atom. The molecule has 2 rings (SSSR count). The number of carbonyl (C=O) groups excluding carboxylic acids is 1. The van der Waals surface area contributed by atoms with Gasteiger partial charge in [-0.2, -0.15) is 10.4 Å². The first kappa shape index (κ1) is 12.7. The van der Waals surface area contributed by atoms with E-state index >= 15 is 0 Å². The van der Waals surface area contributed by atoms with E-state index in [9.17, 15) is 10.1 Å². The van der Waals surface area contributed by atoms with Crippen LogP contribution < -0.4 is 5.73 Å². The lowest BCUT2D eigenvalue weighted by atomic mass is 9.98. The molecule has 0 aliphatic carbocycles. The second kappa shape index (κ2) is 6.53. The second-order valence-electron chi connectivity index (χ2n) is 5.21. The van der Waals surface area contributed by atoms with E-state index in [1.54, 1.807) is 31.2 Å². The number of nitrogens with two attached hydrogens (primary N) is 1. The maximum Gasteiger partial charge on any atom is 0.312 e. The third-order valence-corrected chi connectivity index (χ3v) is 3.67. The Hall–Kier alpha value is -2.81. The number of carbonyl (C=O) groups is 1. The molecule has 2 N–H and O–H groups in total. The van der Waals surface area contributed by atoms with Gasteiger partial charge in [0.05, 0.1) is 13.0 Å². The Labute approximate surface area is 139 Å². The van der Waals surface area contributed by atoms with E-state index in [4.69, 9.17) is 14.6 Å².